The number of allylic oxidation sites excluding steroid dienone is 1. The van der Waals surface area contributed by atoms with Crippen LogP contribution in [-0.2, 0) is 4.74 Å². The average molecular weight is 434 g/mol. The predicted octanol–water partition coefficient (Wildman–Crippen LogP) is 5.26. The predicted molar refractivity (Wildman–Crippen MR) is 118 cm³/mol. The van der Waals surface area contributed by atoms with Crippen molar-refractivity contribution in [3.8, 4) is 17.3 Å². The number of nitriles is 1. The van der Waals surface area contributed by atoms with E-state index in [1.165, 1.54) is 23.5 Å². The zero-order valence-electron chi connectivity index (χ0n) is 16.7. The molecule has 0 spiro atoms. The molecule has 9 heteroatoms. The Labute approximate surface area is 182 Å². The molecule has 0 saturated heterocycles. The van der Waals surface area contributed by atoms with E-state index in [1.54, 1.807) is 61.8 Å². The van der Waals surface area contributed by atoms with Gasteiger partial charge in [-0.05, 0) is 50.2 Å². The number of nitrogens with one attached hydrogen (secondary N) is 1. The van der Waals surface area contributed by atoms with Gasteiger partial charge in [0.05, 0.1) is 22.3 Å². The van der Waals surface area contributed by atoms with Gasteiger partial charge in [0.1, 0.15) is 16.6 Å². The maximum atomic E-state index is 11.9. The Morgan fingerprint density at radius 1 is 1.23 bits per heavy atom. The van der Waals surface area contributed by atoms with Crippen LogP contribution in [0.5, 0.6) is 0 Å². The molecule has 3 aromatic rings. The van der Waals surface area contributed by atoms with Crippen LogP contribution in [-0.4, -0.2) is 22.0 Å². The van der Waals surface area contributed by atoms with Crippen molar-refractivity contribution in [1.29, 1.82) is 5.26 Å². The van der Waals surface area contributed by atoms with Crippen molar-refractivity contribution in [2.75, 3.05) is 5.32 Å². The van der Waals surface area contributed by atoms with Gasteiger partial charge in [-0.15, -0.1) is 11.3 Å². The van der Waals surface area contributed by atoms with Crippen LogP contribution in [0.4, 0.5) is 11.4 Å². The first kappa shape index (κ1) is 21.7. The lowest BCUT2D eigenvalue weighted by Crippen LogP contribution is -2.11. The number of hydrogen-bond acceptors (Lipinski definition) is 8. The molecule has 156 valence electrons. The van der Waals surface area contributed by atoms with Crippen LogP contribution in [0, 0.1) is 21.4 Å². The van der Waals surface area contributed by atoms with Crippen LogP contribution in [0.1, 0.15) is 29.2 Å². The molecule has 31 heavy (non-hydrogen) atoms. The number of nitrogens with zero attached hydrogens (tertiary/aromatic N) is 3. The molecule has 0 unspecified atom stereocenters. The molecular weight excluding hydrogens is 416 g/mol. The summed E-state index contributed by atoms with van der Waals surface area (Å²) in [5, 5.41) is 25.6. The minimum absolute atomic E-state index is 0.00417. The molecule has 3 rings (SSSR count). The minimum Gasteiger partial charge on any atom is -0.459 e. The number of esters is 1. The van der Waals surface area contributed by atoms with Gasteiger partial charge in [0.15, 0.2) is 0 Å². The van der Waals surface area contributed by atoms with Crippen LogP contribution in [0.25, 0.3) is 16.8 Å². The molecule has 0 radical (unpaired) electrons. The Balaban J connectivity index is 1.72. The van der Waals surface area contributed by atoms with Gasteiger partial charge in [-0.25, -0.2) is 9.78 Å². The Bertz CT molecular complexity index is 1160. The Hall–Kier alpha value is -4.03. The van der Waals surface area contributed by atoms with Crippen molar-refractivity contribution >= 4 is 34.3 Å². The number of carbonyl (C=O) groups excluding carboxylic acids is 1. The number of aromatic nitrogens is 1. The molecule has 0 bridgehead atoms. The molecule has 0 saturated carbocycles. The second-order valence-corrected chi connectivity index (χ2v) is 7.55. The number of nitro groups is 1. The quantitative estimate of drug-likeness (QED) is 0.233. The molecule has 1 aromatic heterocycles. The molecule has 0 amide bonds. The highest BCUT2D eigenvalue weighted by Gasteiger charge is 2.12. The van der Waals surface area contributed by atoms with E-state index < -0.39 is 10.9 Å². The molecule has 0 aliphatic rings. The fourth-order valence-electron chi connectivity index (χ4n) is 2.57. The molecule has 1 N–H and O–H groups in total. The summed E-state index contributed by atoms with van der Waals surface area (Å²) in [5.41, 5.74) is 2.83. The second-order valence-electron chi connectivity index (χ2n) is 6.69. The van der Waals surface area contributed by atoms with Gasteiger partial charge in [0.25, 0.3) is 5.69 Å². The molecule has 1 heterocycles. The van der Waals surface area contributed by atoms with Crippen molar-refractivity contribution in [3.05, 3.63) is 80.8 Å². The second kappa shape index (κ2) is 9.65. The van der Waals surface area contributed by atoms with Crippen molar-refractivity contribution in [1.82, 2.24) is 4.98 Å². The van der Waals surface area contributed by atoms with E-state index in [4.69, 9.17) is 4.74 Å². The third kappa shape index (κ3) is 5.52. The van der Waals surface area contributed by atoms with Crippen LogP contribution >= 0.6 is 11.3 Å². The SMILES string of the molecule is CC(C)OC(=O)c1ccc(N/C=C(\C#N)c2nc(-c3ccc([N+](=O)[O-])cc3)cs2)cc1. The first-order valence-corrected chi connectivity index (χ1v) is 10.1. The minimum atomic E-state index is -0.460. The number of ether oxygens (including phenoxy) is 1. The normalized spacial score (nSPS) is 11.1. The van der Waals surface area contributed by atoms with E-state index in [9.17, 15) is 20.2 Å². The monoisotopic (exact) mass is 434 g/mol. The maximum Gasteiger partial charge on any atom is 0.338 e. The molecule has 2 aromatic carbocycles. The van der Waals surface area contributed by atoms with E-state index in [1.807, 2.05) is 0 Å². The molecule has 8 nitrogen and oxygen atoms in total. The Kier molecular flexibility index (Phi) is 6.74. The lowest BCUT2D eigenvalue weighted by molar-refractivity contribution is -0.384. The standard InChI is InChI=1S/C22H18N4O4S/c1-14(2)30-22(27)16-3-7-18(8-4-16)24-12-17(11-23)21-25-20(13-31-21)15-5-9-19(10-6-15)26(28)29/h3-10,12-14,24H,1-2H3/b17-12+. The summed E-state index contributed by atoms with van der Waals surface area (Å²) >= 11 is 1.30. The number of thiazole rings is 1. The lowest BCUT2D eigenvalue weighted by atomic mass is 10.1. The lowest BCUT2D eigenvalue weighted by Gasteiger charge is -2.08. The van der Waals surface area contributed by atoms with Gasteiger partial charge in [0.2, 0.25) is 0 Å². The smallest absolute Gasteiger partial charge is 0.338 e. The third-order valence-corrected chi connectivity index (χ3v) is 4.95. The van der Waals surface area contributed by atoms with Crippen LogP contribution in [0.2, 0.25) is 0 Å². The summed E-state index contributed by atoms with van der Waals surface area (Å²) in [5.74, 6) is -0.392. The van der Waals surface area contributed by atoms with Gasteiger partial charge >= 0.3 is 5.97 Å². The molecule has 0 aliphatic carbocycles. The molecule has 0 atom stereocenters. The van der Waals surface area contributed by atoms with E-state index >= 15 is 0 Å². The number of carbonyl (C=O) groups is 1. The van der Waals surface area contributed by atoms with Gasteiger partial charge in [-0.3, -0.25) is 10.1 Å². The molecule has 0 aliphatic heterocycles. The Morgan fingerprint density at radius 3 is 2.48 bits per heavy atom. The highest BCUT2D eigenvalue weighted by atomic mass is 32.1. The third-order valence-electron chi connectivity index (χ3n) is 4.08. The summed E-state index contributed by atoms with van der Waals surface area (Å²) in [6, 6.07) is 14.9. The van der Waals surface area contributed by atoms with Crippen molar-refractivity contribution in [3.63, 3.8) is 0 Å². The van der Waals surface area contributed by atoms with E-state index in [0.717, 1.165) is 5.56 Å². The number of rotatable bonds is 7. The van der Waals surface area contributed by atoms with Crippen molar-refractivity contribution in [2.24, 2.45) is 0 Å². The summed E-state index contributed by atoms with van der Waals surface area (Å²) in [6.07, 6.45) is 1.35. The first-order valence-electron chi connectivity index (χ1n) is 9.26. The Morgan fingerprint density at radius 2 is 1.90 bits per heavy atom. The average Bonchev–Trinajstić information content (AvgIpc) is 3.24. The number of anilines is 1. The highest BCUT2D eigenvalue weighted by Crippen LogP contribution is 2.27. The van der Waals surface area contributed by atoms with E-state index in [2.05, 4.69) is 16.4 Å². The summed E-state index contributed by atoms with van der Waals surface area (Å²) in [4.78, 5) is 26.7. The highest BCUT2D eigenvalue weighted by molar-refractivity contribution is 7.11. The van der Waals surface area contributed by atoms with E-state index in [0.29, 0.717) is 27.5 Å². The first-order chi connectivity index (χ1) is 14.9. The number of non-ortho nitro benzene ring substituents is 1. The van der Waals surface area contributed by atoms with Crippen LogP contribution in [0.15, 0.2) is 60.1 Å². The van der Waals surface area contributed by atoms with Crippen LogP contribution < -0.4 is 5.32 Å². The van der Waals surface area contributed by atoms with Crippen LogP contribution in [0.3, 0.4) is 0 Å². The fourth-order valence-corrected chi connectivity index (χ4v) is 3.36. The number of hydrogen-bond donors (Lipinski definition) is 1. The van der Waals surface area contributed by atoms with Crippen molar-refractivity contribution in [2.45, 2.75) is 20.0 Å². The van der Waals surface area contributed by atoms with Crippen molar-refractivity contribution < 1.29 is 14.5 Å². The van der Waals surface area contributed by atoms with Gasteiger partial charge < -0.3 is 10.1 Å². The maximum absolute atomic E-state index is 11.9. The zero-order valence-corrected chi connectivity index (χ0v) is 17.6. The fraction of sp³-hybridized carbons (Fsp3) is 0.136. The number of benzene rings is 2. The topological polar surface area (TPSA) is 118 Å². The summed E-state index contributed by atoms with van der Waals surface area (Å²) < 4.78 is 5.15. The zero-order chi connectivity index (χ0) is 22.4. The van der Waals surface area contributed by atoms with Gasteiger partial charge in [-0.2, -0.15) is 5.26 Å². The molecular formula is C22H18N4O4S. The summed E-state index contributed by atoms with van der Waals surface area (Å²) in [6.45, 7) is 3.57. The number of nitro benzene ring substituents is 1. The van der Waals surface area contributed by atoms with E-state index in [-0.39, 0.29) is 11.8 Å². The summed E-state index contributed by atoms with van der Waals surface area (Å²) in [7, 11) is 0. The largest absolute Gasteiger partial charge is 0.459 e. The molecule has 0 fully saturated rings. The van der Waals surface area contributed by atoms with Gasteiger partial charge in [0, 0.05) is 35.0 Å². The van der Waals surface area contributed by atoms with Gasteiger partial charge in [-0.1, -0.05) is 0 Å².